The molecule has 74 valence electrons. The van der Waals surface area contributed by atoms with E-state index in [0.29, 0.717) is 5.92 Å². The largest absolute Gasteiger partial charge is 0.464 e. The van der Waals surface area contributed by atoms with Crippen molar-refractivity contribution >= 4 is 11.0 Å². The maximum Gasteiger partial charge on any atom is 0.134 e. The summed E-state index contributed by atoms with van der Waals surface area (Å²) in [7, 11) is 0. The van der Waals surface area contributed by atoms with Crippen molar-refractivity contribution in [3.8, 4) is 0 Å². The Morgan fingerprint density at radius 2 is 2.07 bits per heavy atom. The first kappa shape index (κ1) is 9.32. The van der Waals surface area contributed by atoms with Crippen molar-refractivity contribution in [2.45, 2.75) is 33.1 Å². The Balaban J connectivity index is 2.61. The highest BCUT2D eigenvalue weighted by Crippen LogP contribution is 2.25. The summed E-state index contributed by atoms with van der Waals surface area (Å²) in [4.78, 5) is 0. The molecule has 0 aliphatic rings. The van der Waals surface area contributed by atoms with Crippen LogP contribution in [0.5, 0.6) is 0 Å². The molecular formula is C13H16O. The molecule has 2 rings (SSSR count). The molecule has 14 heavy (non-hydrogen) atoms. The van der Waals surface area contributed by atoms with E-state index in [-0.39, 0.29) is 0 Å². The van der Waals surface area contributed by atoms with Crippen LogP contribution in [0.3, 0.4) is 0 Å². The maximum atomic E-state index is 5.47. The van der Waals surface area contributed by atoms with Crippen molar-refractivity contribution in [2.24, 2.45) is 0 Å². The SMILES string of the molecule is CCc1coc2ccc(C(C)C)cc12. The van der Waals surface area contributed by atoms with E-state index in [9.17, 15) is 0 Å². The minimum Gasteiger partial charge on any atom is -0.464 e. The molecular weight excluding hydrogens is 172 g/mol. The zero-order valence-electron chi connectivity index (χ0n) is 9.00. The Morgan fingerprint density at radius 3 is 2.71 bits per heavy atom. The summed E-state index contributed by atoms with van der Waals surface area (Å²) in [6, 6.07) is 6.47. The highest BCUT2D eigenvalue weighted by atomic mass is 16.3. The second kappa shape index (κ2) is 3.49. The minimum atomic E-state index is 0.582. The highest BCUT2D eigenvalue weighted by molar-refractivity contribution is 5.81. The molecule has 1 heteroatoms. The fraction of sp³-hybridized carbons (Fsp3) is 0.385. The highest BCUT2D eigenvalue weighted by Gasteiger charge is 2.06. The second-order valence-corrected chi connectivity index (χ2v) is 4.02. The van der Waals surface area contributed by atoms with E-state index < -0.39 is 0 Å². The molecule has 2 aromatic rings. The van der Waals surface area contributed by atoms with Crippen LogP contribution in [0.1, 0.15) is 37.8 Å². The normalized spacial score (nSPS) is 11.4. The van der Waals surface area contributed by atoms with Crippen LogP contribution < -0.4 is 0 Å². The smallest absolute Gasteiger partial charge is 0.134 e. The van der Waals surface area contributed by atoms with E-state index in [1.165, 1.54) is 16.5 Å². The molecule has 1 heterocycles. The minimum absolute atomic E-state index is 0.582. The van der Waals surface area contributed by atoms with E-state index in [1.807, 2.05) is 6.26 Å². The molecule has 1 aromatic carbocycles. The van der Waals surface area contributed by atoms with E-state index in [2.05, 4.69) is 39.0 Å². The van der Waals surface area contributed by atoms with E-state index in [1.54, 1.807) is 0 Å². The summed E-state index contributed by atoms with van der Waals surface area (Å²) in [5.74, 6) is 0.582. The van der Waals surface area contributed by atoms with Crippen LogP contribution >= 0.6 is 0 Å². The molecule has 0 aliphatic heterocycles. The molecule has 0 radical (unpaired) electrons. The second-order valence-electron chi connectivity index (χ2n) is 4.02. The molecule has 1 nitrogen and oxygen atoms in total. The zero-order chi connectivity index (χ0) is 10.1. The van der Waals surface area contributed by atoms with E-state index in [4.69, 9.17) is 4.42 Å². The maximum absolute atomic E-state index is 5.47. The van der Waals surface area contributed by atoms with Gasteiger partial charge in [0, 0.05) is 5.39 Å². The number of aryl methyl sites for hydroxylation is 1. The summed E-state index contributed by atoms with van der Waals surface area (Å²) < 4.78 is 5.47. The first-order chi connectivity index (χ1) is 6.72. The molecule has 0 fully saturated rings. The zero-order valence-corrected chi connectivity index (χ0v) is 9.00. The summed E-state index contributed by atoms with van der Waals surface area (Å²) in [5, 5.41) is 1.28. The van der Waals surface area contributed by atoms with Gasteiger partial charge in [0.05, 0.1) is 6.26 Å². The topological polar surface area (TPSA) is 13.1 Å². The summed E-state index contributed by atoms with van der Waals surface area (Å²) >= 11 is 0. The Hall–Kier alpha value is -1.24. The lowest BCUT2D eigenvalue weighted by atomic mass is 10.0. The number of hydrogen-bond donors (Lipinski definition) is 0. The fourth-order valence-corrected chi connectivity index (χ4v) is 1.73. The molecule has 0 aliphatic carbocycles. The molecule has 0 bridgehead atoms. The van der Waals surface area contributed by atoms with Crippen LogP contribution in [0.4, 0.5) is 0 Å². The van der Waals surface area contributed by atoms with Crippen molar-refractivity contribution in [1.29, 1.82) is 0 Å². The average molecular weight is 188 g/mol. The third-order valence-electron chi connectivity index (χ3n) is 2.73. The van der Waals surface area contributed by atoms with E-state index in [0.717, 1.165) is 12.0 Å². The Morgan fingerprint density at radius 1 is 1.29 bits per heavy atom. The first-order valence-electron chi connectivity index (χ1n) is 5.22. The van der Waals surface area contributed by atoms with Gasteiger partial charge in [-0.05, 0) is 35.6 Å². The molecule has 0 saturated carbocycles. The number of hydrogen-bond acceptors (Lipinski definition) is 1. The van der Waals surface area contributed by atoms with Crippen molar-refractivity contribution in [3.05, 3.63) is 35.6 Å². The van der Waals surface area contributed by atoms with Crippen LogP contribution in [-0.4, -0.2) is 0 Å². The molecule has 0 unspecified atom stereocenters. The third kappa shape index (κ3) is 1.43. The lowest BCUT2D eigenvalue weighted by Gasteiger charge is -2.04. The van der Waals surface area contributed by atoms with Crippen LogP contribution in [0.2, 0.25) is 0 Å². The number of fused-ring (bicyclic) bond motifs is 1. The molecule has 0 saturated heterocycles. The Labute approximate surface area is 84.7 Å². The van der Waals surface area contributed by atoms with Gasteiger partial charge in [0.2, 0.25) is 0 Å². The van der Waals surface area contributed by atoms with Crippen LogP contribution in [-0.2, 0) is 6.42 Å². The predicted molar refractivity (Wildman–Crippen MR) is 59.7 cm³/mol. The molecule has 0 N–H and O–H groups in total. The molecule has 0 atom stereocenters. The van der Waals surface area contributed by atoms with Crippen LogP contribution in [0.15, 0.2) is 28.9 Å². The van der Waals surface area contributed by atoms with Gasteiger partial charge in [-0.15, -0.1) is 0 Å². The molecule has 0 amide bonds. The monoisotopic (exact) mass is 188 g/mol. The fourth-order valence-electron chi connectivity index (χ4n) is 1.73. The average Bonchev–Trinajstić information content (AvgIpc) is 2.59. The first-order valence-corrected chi connectivity index (χ1v) is 5.22. The van der Waals surface area contributed by atoms with Gasteiger partial charge in [0.15, 0.2) is 0 Å². The summed E-state index contributed by atoms with van der Waals surface area (Å²) in [5.41, 5.74) is 3.70. The van der Waals surface area contributed by atoms with Crippen molar-refractivity contribution in [1.82, 2.24) is 0 Å². The van der Waals surface area contributed by atoms with Crippen LogP contribution in [0.25, 0.3) is 11.0 Å². The van der Waals surface area contributed by atoms with Gasteiger partial charge in [-0.2, -0.15) is 0 Å². The van der Waals surface area contributed by atoms with Gasteiger partial charge in [-0.1, -0.05) is 26.8 Å². The van der Waals surface area contributed by atoms with Gasteiger partial charge in [0.25, 0.3) is 0 Å². The standard InChI is InChI=1S/C13H16O/c1-4-10-8-14-13-6-5-11(9(2)3)7-12(10)13/h5-9H,4H2,1-3H3. The number of rotatable bonds is 2. The molecule has 1 aromatic heterocycles. The van der Waals surface area contributed by atoms with Gasteiger partial charge >= 0.3 is 0 Å². The number of benzene rings is 1. The lowest BCUT2D eigenvalue weighted by Crippen LogP contribution is -1.86. The predicted octanol–water partition coefficient (Wildman–Crippen LogP) is 4.12. The lowest BCUT2D eigenvalue weighted by molar-refractivity contribution is 0.611. The quantitative estimate of drug-likeness (QED) is 0.691. The Kier molecular flexibility index (Phi) is 2.32. The van der Waals surface area contributed by atoms with Crippen LogP contribution in [0, 0.1) is 0 Å². The summed E-state index contributed by atoms with van der Waals surface area (Å²) in [6.07, 6.45) is 2.91. The molecule has 0 spiro atoms. The van der Waals surface area contributed by atoms with Gasteiger partial charge in [-0.25, -0.2) is 0 Å². The van der Waals surface area contributed by atoms with Gasteiger partial charge < -0.3 is 4.42 Å². The third-order valence-corrected chi connectivity index (χ3v) is 2.73. The van der Waals surface area contributed by atoms with Gasteiger partial charge in [0.1, 0.15) is 5.58 Å². The number of furan rings is 1. The van der Waals surface area contributed by atoms with Crippen molar-refractivity contribution in [3.63, 3.8) is 0 Å². The van der Waals surface area contributed by atoms with Gasteiger partial charge in [-0.3, -0.25) is 0 Å². The Bertz CT molecular complexity index is 437. The summed E-state index contributed by atoms with van der Waals surface area (Å²) in [6.45, 7) is 6.59. The van der Waals surface area contributed by atoms with Crippen molar-refractivity contribution in [2.75, 3.05) is 0 Å². The van der Waals surface area contributed by atoms with Crippen molar-refractivity contribution < 1.29 is 4.42 Å². The van der Waals surface area contributed by atoms with E-state index >= 15 is 0 Å².